The number of nitrogens with zero attached hydrogens (tertiary/aromatic N) is 1. The SMILES string of the molecule is O=C1NC2=C(F)C=CCC2/C1=C\c1ccc2cn[nH]c2c1. The molecule has 104 valence electrons. The maximum absolute atomic E-state index is 13.7. The van der Waals surface area contributed by atoms with Gasteiger partial charge in [-0.15, -0.1) is 0 Å². The highest BCUT2D eigenvalue weighted by Crippen LogP contribution is 2.36. The topological polar surface area (TPSA) is 57.8 Å². The lowest BCUT2D eigenvalue weighted by Crippen LogP contribution is -2.14. The highest BCUT2D eigenvalue weighted by Gasteiger charge is 2.35. The number of allylic oxidation sites excluding steroid dienone is 4. The van der Waals surface area contributed by atoms with Gasteiger partial charge in [0.15, 0.2) is 0 Å². The van der Waals surface area contributed by atoms with Crippen molar-refractivity contribution in [3.63, 3.8) is 0 Å². The Morgan fingerprint density at radius 3 is 3.19 bits per heavy atom. The van der Waals surface area contributed by atoms with Gasteiger partial charge < -0.3 is 5.32 Å². The average molecular weight is 281 g/mol. The lowest BCUT2D eigenvalue weighted by atomic mass is 9.91. The van der Waals surface area contributed by atoms with Gasteiger partial charge in [0, 0.05) is 16.9 Å². The molecule has 2 heterocycles. The predicted octanol–water partition coefficient (Wildman–Crippen LogP) is 2.83. The minimum absolute atomic E-state index is 0.208. The van der Waals surface area contributed by atoms with E-state index in [1.165, 1.54) is 6.08 Å². The third-order valence-corrected chi connectivity index (χ3v) is 3.92. The molecule has 0 saturated carbocycles. The molecule has 1 aromatic heterocycles. The summed E-state index contributed by atoms with van der Waals surface area (Å²) in [4.78, 5) is 12.1. The van der Waals surface area contributed by atoms with Crippen LogP contribution in [0.3, 0.4) is 0 Å². The molecule has 1 aliphatic heterocycles. The summed E-state index contributed by atoms with van der Waals surface area (Å²) in [5.74, 6) is -0.787. The van der Waals surface area contributed by atoms with E-state index in [0.717, 1.165) is 16.5 Å². The molecule has 2 aromatic rings. The Labute approximate surface area is 120 Å². The number of nitrogens with one attached hydrogen (secondary N) is 2. The van der Waals surface area contributed by atoms with E-state index in [-0.39, 0.29) is 17.7 Å². The highest BCUT2D eigenvalue weighted by atomic mass is 19.1. The third-order valence-electron chi connectivity index (χ3n) is 3.92. The van der Waals surface area contributed by atoms with Crippen molar-refractivity contribution in [2.24, 2.45) is 5.92 Å². The van der Waals surface area contributed by atoms with Gasteiger partial charge in [-0.25, -0.2) is 4.39 Å². The molecule has 2 N–H and O–H groups in total. The van der Waals surface area contributed by atoms with E-state index in [1.54, 1.807) is 12.3 Å². The number of aromatic amines is 1. The van der Waals surface area contributed by atoms with Crippen LogP contribution in [0.1, 0.15) is 12.0 Å². The number of carbonyl (C=O) groups is 1. The zero-order chi connectivity index (χ0) is 14.4. The number of benzene rings is 1. The predicted molar refractivity (Wildman–Crippen MR) is 77.6 cm³/mol. The molecule has 4 rings (SSSR count). The lowest BCUT2D eigenvalue weighted by Gasteiger charge is -2.13. The van der Waals surface area contributed by atoms with Crippen molar-refractivity contribution < 1.29 is 9.18 Å². The fourth-order valence-electron chi connectivity index (χ4n) is 2.85. The van der Waals surface area contributed by atoms with Crippen molar-refractivity contribution in [2.45, 2.75) is 6.42 Å². The Morgan fingerprint density at radius 2 is 2.29 bits per heavy atom. The second-order valence-corrected chi connectivity index (χ2v) is 5.22. The number of amides is 1. The number of H-pyrrole nitrogens is 1. The molecule has 0 bridgehead atoms. The van der Waals surface area contributed by atoms with Crippen molar-refractivity contribution in [3.05, 3.63) is 59.2 Å². The van der Waals surface area contributed by atoms with Crippen LogP contribution in [0, 0.1) is 5.92 Å². The fourth-order valence-corrected chi connectivity index (χ4v) is 2.85. The number of halogens is 1. The van der Waals surface area contributed by atoms with Gasteiger partial charge in [-0.05, 0) is 30.2 Å². The normalized spacial score (nSPS) is 23.0. The van der Waals surface area contributed by atoms with E-state index >= 15 is 0 Å². The van der Waals surface area contributed by atoms with Gasteiger partial charge in [-0.1, -0.05) is 18.2 Å². The van der Waals surface area contributed by atoms with Crippen LogP contribution in [0.15, 0.2) is 53.6 Å². The van der Waals surface area contributed by atoms with Gasteiger partial charge in [0.2, 0.25) is 0 Å². The zero-order valence-electron chi connectivity index (χ0n) is 11.1. The first-order valence-corrected chi connectivity index (χ1v) is 6.74. The van der Waals surface area contributed by atoms with Gasteiger partial charge >= 0.3 is 0 Å². The lowest BCUT2D eigenvalue weighted by molar-refractivity contribution is -0.115. The first-order valence-electron chi connectivity index (χ1n) is 6.74. The Hall–Kier alpha value is -2.69. The van der Waals surface area contributed by atoms with E-state index in [4.69, 9.17) is 0 Å². The molecule has 21 heavy (non-hydrogen) atoms. The monoisotopic (exact) mass is 281 g/mol. The molecule has 5 heteroatoms. The zero-order valence-corrected chi connectivity index (χ0v) is 11.1. The molecule has 1 amide bonds. The summed E-state index contributed by atoms with van der Waals surface area (Å²) >= 11 is 0. The van der Waals surface area contributed by atoms with Crippen molar-refractivity contribution in [1.29, 1.82) is 0 Å². The molecule has 0 radical (unpaired) electrons. The first-order chi connectivity index (χ1) is 10.2. The molecule has 1 saturated heterocycles. The Bertz CT molecular complexity index is 844. The molecule has 1 unspecified atom stereocenters. The van der Waals surface area contributed by atoms with Crippen LogP contribution in [0.25, 0.3) is 17.0 Å². The summed E-state index contributed by atoms with van der Waals surface area (Å²) in [6.45, 7) is 0. The highest BCUT2D eigenvalue weighted by molar-refractivity contribution is 6.03. The molecule has 1 atom stereocenters. The number of aromatic nitrogens is 2. The van der Waals surface area contributed by atoms with E-state index in [9.17, 15) is 9.18 Å². The molecule has 4 nitrogen and oxygen atoms in total. The van der Waals surface area contributed by atoms with E-state index in [2.05, 4.69) is 15.5 Å². The van der Waals surface area contributed by atoms with Gasteiger partial charge in [0.05, 0.1) is 17.4 Å². The van der Waals surface area contributed by atoms with Gasteiger partial charge in [0.25, 0.3) is 5.91 Å². The summed E-state index contributed by atoms with van der Waals surface area (Å²) in [7, 11) is 0. The second-order valence-electron chi connectivity index (χ2n) is 5.22. The summed E-state index contributed by atoms with van der Waals surface area (Å²) in [5.41, 5.74) is 2.79. The van der Waals surface area contributed by atoms with Gasteiger partial charge in [0.1, 0.15) is 5.83 Å². The number of hydrogen-bond acceptors (Lipinski definition) is 2. The molecular formula is C16H12FN3O. The third kappa shape index (κ3) is 1.89. The number of rotatable bonds is 1. The van der Waals surface area contributed by atoms with Crippen LogP contribution in [0.2, 0.25) is 0 Å². The van der Waals surface area contributed by atoms with Crippen molar-refractivity contribution in [2.75, 3.05) is 0 Å². The maximum Gasteiger partial charge on any atom is 0.252 e. The van der Waals surface area contributed by atoms with Crippen LogP contribution >= 0.6 is 0 Å². The number of hydrogen-bond donors (Lipinski definition) is 2. The van der Waals surface area contributed by atoms with Gasteiger partial charge in [-0.3, -0.25) is 9.89 Å². The Kier molecular flexibility index (Phi) is 2.54. The van der Waals surface area contributed by atoms with Crippen LogP contribution in [0.4, 0.5) is 4.39 Å². The van der Waals surface area contributed by atoms with E-state index in [0.29, 0.717) is 17.7 Å². The molecule has 1 fully saturated rings. The molecule has 2 aliphatic rings. The van der Waals surface area contributed by atoms with E-state index < -0.39 is 0 Å². The quantitative estimate of drug-likeness (QED) is 0.790. The molecule has 0 spiro atoms. The summed E-state index contributed by atoms with van der Waals surface area (Å²) in [6, 6.07) is 5.80. The second kappa shape index (κ2) is 4.41. The first kappa shape index (κ1) is 12.1. The maximum atomic E-state index is 13.7. The number of fused-ring (bicyclic) bond motifs is 2. The summed E-state index contributed by atoms with van der Waals surface area (Å²) in [5, 5.41) is 10.5. The fraction of sp³-hybridized carbons (Fsp3) is 0.125. The number of carbonyl (C=O) groups excluding carboxylic acids is 1. The minimum atomic E-state index is -0.355. The van der Waals surface area contributed by atoms with Crippen molar-refractivity contribution >= 4 is 22.9 Å². The Balaban J connectivity index is 1.78. The van der Waals surface area contributed by atoms with Crippen LogP contribution in [-0.2, 0) is 4.79 Å². The van der Waals surface area contributed by atoms with Crippen LogP contribution in [-0.4, -0.2) is 16.1 Å². The molecule has 1 aliphatic carbocycles. The minimum Gasteiger partial charge on any atom is -0.323 e. The average Bonchev–Trinajstić information content (AvgIpc) is 3.05. The largest absolute Gasteiger partial charge is 0.323 e. The smallest absolute Gasteiger partial charge is 0.252 e. The van der Waals surface area contributed by atoms with E-state index in [1.807, 2.05) is 24.3 Å². The standard InChI is InChI=1S/C16H12FN3O/c17-13-3-1-2-11-12(16(21)19-15(11)13)6-9-4-5-10-8-18-20-14(10)7-9/h1,3-8,11H,2H2,(H,18,20)(H,19,21)/b12-6+. The Morgan fingerprint density at radius 1 is 1.38 bits per heavy atom. The van der Waals surface area contributed by atoms with Crippen molar-refractivity contribution in [1.82, 2.24) is 15.5 Å². The summed E-state index contributed by atoms with van der Waals surface area (Å²) < 4.78 is 13.7. The van der Waals surface area contributed by atoms with Crippen molar-refractivity contribution in [3.8, 4) is 0 Å². The summed E-state index contributed by atoms with van der Waals surface area (Å²) in [6.07, 6.45) is 7.37. The van der Waals surface area contributed by atoms with Gasteiger partial charge in [-0.2, -0.15) is 5.10 Å². The van der Waals surface area contributed by atoms with Crippen LogP contribution < -0.4 is 5.32 Å². The van der Waals surface area contributed by atoms with Crippen LogP contribution in [0.5, 0.6) is 0 Å². The molecule has 1 aromatic carbocycles. The molecular weight excluding hydrogens is 269 g/mol.